The Morgan fingerprint density at radius 3 is 2.30 bits per heavy atom. The van der Waals surface area contributed by atoms with Gasteiger partial charge in [0.25, 0.3) is 0 Å². The van der Waals surface area contributed by atoms with Crippen molar-refractivity contribution in [1.82, 2.24) is 19.1 Å². The van der Waals surface area contributed by atoms with Gasteiger partial charge in [-0.05, 0) is 24.3 Å². The molecule has 9 heteroatoms. The zero-order valence-corrected chi connectivity index (χ0v) is 19.2. The monoisotopic (exact) mass is 410 g/mol. The average molecular weight is 411 g/mol. The van der Waals surface area contributed by atoms with E-state index in [1.165, 1.54) is 4.31 Å². The fourth-order valence-electron chi connectivity index (χ4n) is 2.78. The van der Waals surface area contributed by atoms with Crippen LogP contribution in [0.1, 0.15) is 13.8 Å². The van der Waals surface area contributed by atoms with E-state index in [1.54, 1.807) is 28.8 Å². The summed E-state index contributed by atoms with van der Waals surface area (Å²) in [6.07, 6.45) is 0. The van der Waals surface area contributed by atoms with Gasteiger partial charge in [-0.15, -0.1) is 5.10 Å². The number of rotatable bonds is 6. The molecule has 3 rings (SSSR count). The van der Waals surface area contributed by atoms with Crippen LogP contribution in [0.2, 0.25) is 0 Å². The molecular weight excluding hydrogens is 391 g/mol. The first-order valence-electron chi connectivity index (χ1n) is 8.27. The second kappa shape index (κ2) is 9.27. The van der Waals surface area contributed by atoms with Crippen LogP contribution in [0.15, 0.2) is 64.6 Å². The van der Waals surface area contributed by atoms with E-state index in [9.17, 15) is 8.42 Å². The molecule has 0 N–H and O–H groups in total. The molecule has 0 aliphatic heterocycles. The van der Waals surface area contributed by atoms with Gasteiger partial charge in [0.1, 0.15) is 0 Å². The average Bonchev–Trinajstić information content (AvgIpc) is 3.05. The van der Waals surface area contributed by atoms with E-state index in [-0.39, 0.29) is 34.5 Å². The summed E-state index contributed by atoms with van der Waals surface area (Å²) >= 11 is 5.30. The van der Waals surface area contributed by atoms with Gasteiger partial charge in [-0.3, -0.25) is 4.57 Å². The maximum atomic E-state index is 12.8. The Labute approximate surface area is 187 Å². The molecule has 0 amide bonds. The van der Waals surface area contributed by atoms with Crippen molar-refractivity contribution in [3.63, 3.8) is 0 Å². The number of aromatic nitrogens is 3. The van der Waals surface area contributed by atoms with Gasteiger partial charge >= 0.3 is 29.6 Å². The molecule has 0 aliphatic rings. The van der Waals surface area contributed by atoms with Crippen LogP contribution in [-0.2, 0) is 22.7 Å². The van der Waals surface area contributed by atoms with Gasteiger partial charge in [0.05, 0.1) is 4.90 Å². The van der Waals surface area contributed by atoms with Crippen molar-refractivity contribution in [2.45, 2.75) is 23.9 Å². The van der Waals surface area contributed by atoms with Crippen molar-refractivity contribution in [2.24, 2.45) is 0 Å². The summed E-state index contributed by atoms with van der Waals surface area (Å²) in [6.45, 7) is 4.47. The SMILES string of the molecule is CCN(CC)S(=O)(=O)c1cccc(-c2nnc([S-])n2-c2ccccc2)c1.[Na+]. The molecule has 0 aliphatic carbocycles. The molecule has 0 bridgehead atoms. The van der Waals surface area contributed by atoms with Crippen LogP contribution < -0.4 is 29.6 Å². The maximum absolute atomic E-state index is 12.8. The van der Waals surface area contributed by atoms with E-state index >= 15 is 0 Å². The molecule has 3 aromatic rings. The third-order valence-electron chi connectivity index (χ3n) is 4.08. The molecular formula is C18H19N4NaO2S2. The molecule has 0 atom stereocenters. The van der Waals surface area contributed by atoms with Gasteiger partial charge in [0.2, 0.25) is 10.0 Å². The molecule has 0 unspecified atom stereocenters. The summed E-state index contributed by atoms with van der Waals surface area (Å²) < 4.78 is 28.8. The smallest absolute Gasteiger partial charge is 0.740 e. The largest absolute Gasteiger partial charge is 1.00 e. The molecule has 0 saturated heterocycles. The van der Waals surface area contributed by atoms with Crippen molar-refractivity contribution >= 4 is 22.7 Å². The predicted molar refractivity (Wildman–Crippen MR) is 103 cm³/mol. The minimum Gasteiger partial charge on any atom is -0.740 e. The molecule has 0 saturated carbocycles. The fraction of sp³-hybridized carbons (Fsp3) is 0.222. The predicted octanol–water partition coefficient (Wildman–Crippen LogP) is -0.125. The Kier molecular flexibility index (Phi) is 7.55. The van der Waals surface area contributed by atoms with Crippen molar-refractivity contribution in [3.05, 3.63) is 54.6 Å². The molecule has 1 heterocycles. The van der Waals surface area contributed by atoms with Crippen LogP contribution in [0.4, 0.5) is 0 Å². The Morgan fingerprint density at radius 1 is 1.00 bits per heavy atom. The first kappa shape index (κ1) is 22.0. The van der Waals surface area contributed by atoms with Gasteiger partial charge in [-0.2, -0.15) is 9.40 Å². The summed E-state index contributed by atoms with van der Waals surface area (Å²) in [4.78, 5) is 0.229. The molecule has 6 nitrogen and oxygen atoms in total. The van der Waals surface area contributed by atoms with Crippen LogP contribution in [-0.4, -0.2) is 40.6 Å². The van der Waals surface area contributed by atoms with Crippen molar-refractivity contribution < 1.29 is 38.0 Å². The number of hydrogen-bond acceptors (Lipinski definition) is 5. The third kappa shape index (κ3) is 4.42. The van der Waals surface area contributed by atoms with E-state index in [1.807, 2.05) is 44.2 Å². The number of para-hydroxylation sites is 1. The minimum atomic E-state index is -3.55. The molecule has 27 heavy (non-hydrogen) atoms. The molecule has 2 aromatic carbocycles. The summed E-state index contributed by atoms with van der Waals surface area (Å²) in [6, 6.07) is 16.2. The van der Waals surface area contributed by atoms with Gasteiger partial charge in [-0.25, -0.2) is 8.42 Å². The second-order valence-corrected chi connectivity index (χ2v) is 7.90. The summed E-state index contributed by atoms with van der Waals surface area (Å²) in [5.74, 6) is 0.512. The van der Waals surface area contributed by atoms with Crippen LogP contribution in [0, 0.1) is 0 Å². The number of hydrogen-bond donors (Lipinski definition) is 0. The molecule has 0 radical (unpaired) electrons. The van der Waals surface area contributed by atoms with Crippen molar-refractivity contribution in [3.8, 4) is 17.1 Å². The van der Waals surface area contributed by atoms with Crippen molar-refractivity contribution in [2.75, 3.05) is 13.1 Å². The summed E-state index contributed by atoms with van der Waals surface area (Å²) in [7, 11) is -3.55. The Morgan fingerprint density at radius 2 is 1.67 bits per heavy atom. The number of nitrogens with zero attached hydrogens (tertiary/aromatic N) is 4. The zero-order chi connectivity index (χ0) is 18.7. The minimum absolute atomic E-state index is 0. The van der Waals surface area contributed by atoms with Crippen LogP contribution in [0.25, 0.3) is 17.1 Å². The summed E-state index contributed by atoms with van der Waals surface area (Å²) in [5, 5.41) is 8.49. The van der Waals surface area contributed by atoms with E-state index in [4.69, 9.17) is 12.6 Å². The normalized spacial score (nSPS) is 11.4. The fourth-order valence-corrected chi connectivity index (χ4v) is 4.51. The maximum Gasteiger partial charge on any atom is 1.00 e. The Balaban J connectivity index is 0.00000261. The van der Waals surface area contributed by atoms with Gasteiger partial charge < -0.3 is 12.6 Å². The van der Waals surface area contributed by atoms with Crippen molar-refractivity contribution in [1.29, 1.82) is 0 Å². The summed E-state index contributed by atoms with van der Waals surface area (Å²) in [5.41, 5.74) is 1.47. The quantitative estimate of drug-likeness (QED) is 0.419. The van der Waals surface area contributed by atoms with Crippen LogP contribution in [0.3, 0.4) is 0 Å². The second-order valence-electron chi connectivity index (χ2n) is 5.59. The Hall–Kier alpha value is -1.29. The Bertz CT molecular complexity index is 1000. The number of sulfonamides is 1. The number of benzene rings is 2. The molecule has 1 aromatic heterocycles. The molecule has 0 fully saturated rings. The van der Waals surface area contributed by atoms with E-state index < -0.39 is 10.0 Å². The van der Waals surface area contributed by atoms with Gasteiger partial charge in [0.15, 0.2) is 5.82 Å². The standard InChI is InChI=1S/C18H20N4O2S2.Na/c1-3-21(4-2)26(23,24)16-12-8-9-14(13-16)17-19-20-18(25)22(17)15-10-6-5-7-11-15;/h5-13H,3-4H2,1-2H3,(H,20,25);/q;+1/p-1. The van der Waals surface area contributed by atoms with Gasteiger partial charge in [-0.1, -0.05) is 44.2 Å². The third-order valence-corrected chi connectivity index (χ3v) is 6.39. The first-order valence-corrected chi connectivity index (χ1v) is 10.1. The van der Waals surface area contributed by atoms with E-state index in [2.05, 4.69) is 10.2 Å². The first-order chi connectivity index (χ1) is 12.5. The molecule has 0 spiro atoms. The van der Waals surface area contributed by atoms with E-state index in [0.29, 0.717) is 29.6 Å². The van der Waals surface area contributed by atoms with E-state index in [0.717, 1.165) is 5.69 Å². The van der Waals surface area contributed by atoms with Crippen LogP contribution in [0.5, 0.6) is 0 Å². The zero-order valence-electron chi connectivity index (χ0n) is 15.5. The molecule has 136 valence electrons. The van der Waals surface area contributed by atoms with Gasteiger partial charge in [0, 0.05) is 29.5 Å². The topological polar surface area (TPSA) is 68.1 Å². The van der Waals surface area contributed by atoms with Crippen LogP contribution >= 0.6 is 0 Å².